The summed E-state index contributed by atoms with van der Waals surface area (Å²) in [5.74, 6) is 0. The molecule has 1 N–H and O–H groups in total. The number of unbranched alkanes of at least 4 members (excludes halogenated alkanes) is 1. The van der Waals surface area contributed by atoms with Gasteiger partial charge < -0.3 is 5.32 Å². The molecule has 0 heterocycles. The highest BCUT2D eigenvalue weighted by atomic mass is 14.9. The van der Waals surface area contributed by atoms with Gasteiger partial charge in [0.1, 0.15) is 0 Å². The summed E-state index contributed by atoms with van der Waals surface area (Å²) in [4.78, 5) is 0. The molecule has 0 radical (unpaired) electrons. The Hall–Kier alpha value is -1.60. The van der Waals surface area contributed by atoms with Crippen LogP contribution < -0.4 is 5.32 Å². The Kier molecular flexibility index (Phi) is 6.67. The largest absolute Gasteiger partial charge is 0.313 e. The van der Waals surface area contributed by atoms with Crippen LogP contribution in [0.15, 0.2) is 48.5 Å². The Balaban J connectivity index is 1.95. The van der Waals surface area contributed by atoms with Crippen molar-refractivity contribution in [1.82, 2.24) is 5.32 Å². The summed E-state index contributed by atoms with van der Waals surface area (Å²) >= 11 is 0. The third kappa shape index (κ3) is 4.71. The van der Waals surface area contributed by atoms with Gasteiger partial charge in [0.2, 0.25) is 0 Å². The maximum atomic E-state index is 3.44. The monoisotopic (exact) mass is 295 g/mol. The zero-order chi connectivity index (χ0) is 15.8. The first kappa shape index (κ1) is 16.8. The van der Waals surface area contributed by atoms with Crippen molar-refractivity contribution in [3.05, 3.63) is 70.8 Å². The first-order valence-electron chi connectivity index (χ1n) is 8.55. The van der Waals surface area contributed by atoms with Crippen molar-refractivity contribution >= 4 is 0 Å². The molecule has 0 saturated carbocycles. The van der Waals surface area contributed by atoms with E-state index in [9.17, 15) is 0 Å². The summed E-state index contributed by atoms with van der Waals surface area (Å²) in [5, 5.41) is 3.44. The van der Waals surface area contributed by atoms with Gasteiger partial charge in [0.05, 0.1) is 0 Å². The topological polar surface area (TPSA) is 12.0 Å². The Morgan fingerprint density at radius 2 is 1.68 bits per heavy atom. The van der Waals surface area contributed by atoms with Crippen molar-refractivity contribution in [3.63, 3.8) is 0 Å². The van der Waals surface area contributed by atoms with Gasteiger partial charge in [-0.25, -0.2) is 0 Å². The second-order valence-corrected chi connectivity index (χ2v) is 6.15. The second-order valence-electron chi connectivity index (χ2n) is 6.15. The molecule has 0 spiro atoms. The number of nitrogens with one attached hydrogen (secondary N) is 1. The van der Waals surface area contributed by atoms with E-state index in [1.54, 1.807) is 0 Å². The van der Waals surface area contributed by atoms with E-state index < -0.39 is 0 Å². The van der Waals surface area contributed by atoms with E-state index in [0.29, 0.717) is 6.04 Å². The van der Waals surface area contributed by atoms with E-state index in [4.69, 9.17) is 0 Å². The fourth-order valence-corrected chi connectivity index (χ4v) is 2.97. The predicted molar refractivity (Wildman–Crippen MR) is 96.4 cm³/mol. The van der Waals surface area contributed by atoms with Gasteiger partial charge in [-0.15, -0.1) is 0 Å². The van der Waals surface area contributed by atoms with Crippen LogP contribution in [0.2, 0.25) is 0 Å². The van der Waals surface area contributed by atoms with Crippen LogP contribution in [-0.4, -0.2) is 7.05 Å². The molecule has 2 aromatic rings. The molecule has 118 valence electrons. The van der Waals surface area contributed by atoms with E-state index in [0.717, 1.165) is 12.8 Å². The molecule has 0 aliphatic carbocycles. The Bertz CT molecular complexity index is 556. The van der Waals surface area contributed by atoms with Crippen molar-refractivity contribution in [1.29, 1.82) is 0 Å². The van der Waals surface area contributed by atoms with Crippen LogP contribution in [0, 0.1) is 6.92 Å². The van der Waals surface area contributed by atoms with Crippen LogP contribution in [0.25, 0.3) is 0 Å². The Labute approximate surface area is 135 Å². The van der Waals surface area contributed by atoms with Gasteiger partial charge in [0.25, 0.3) is 0 Å². The van der Waals surface area contributed by atoms with E-state index in [1.165, 1.54) is 41.5 Å². The highest BCUT2D eigenvalue weighted by Crippen LogP contribution is 2.20. The summed E-state index contributed by atoms with van der Waals surface area (Å²) in [6, 6.07) is 18.4. The SMILES string of the molecule is CCCCC(NC)c1ccc(CCc2ccccc2C)cc1. The van der Waals surface area contributed by atoms with Gasteiger partial charge in [-0.3, -0.25) is 0 Å². The van der Waals surface area contributed by atoms with Crippen LogP contribution in [-0.2, 0) is 12.8 Å². The fraction of sp³-hybridized carbons (Fsp3) is 0.429. The van der Waals surface area contributed by atoms with E-state index in [-0.39, 0.29) is 0 Å². The van der Waals surface area contributed by atoms with E-state index in [2.05, 4.69) is 74.7 Å². The van der Waals surface area contributed by atoms with Gasteiger partial charge in [-0.05, 0) is 55.5 Å². The number of hydrogen-bond donors (Lipinski definition) is 1. The van der Waals surface area contributed by atoms with Crippen LogP contribution in [0.3, 0.4) is 0 Å². The molecule has 0 amide bonds. The minimum atomic E-state index is 0.491. The lowest BCUT2D eigenvalue weighted by molar-refractivity contribution is 0.522. The van der Waals surface area contributed by atoms with Crippen LogP contribution in [0.4, 0.5) is 0 Å². The molecule has 22 heavy (non-hydrogen) atoms. The van der Waals surface area contributed by atoms with Gasteiger partial charge in [0, 0.05) is 6.04 Å². The molecule has 0 aromatic heterocycles. The fourth-order valence-electron chi connectivity index (χ4n) is 2.97. The molecule has 0 bridgehead atoms. The Morgan fingerprint density at radius 1 is 0.955 bits per heavy atom. The average molecular weight is 295 g/mol. The minimum Gasteiger partial charge on any atom is -0.313 e. The molecule has 1 heteroatoms. The quantitative estimate of drug-likeness (QED) is 0.703. The molecule has 0 fully saturated rings. The lowest BCUT2D eigenvalue weighted by Crippen LogP contribution is -2.16. The molecular formula is C21H29N. The average Bonchev–Trinajstić information content (AvgIpc) is 2.56. The molecule has 1 unspecified atom stereocenters. The van der Waals surface area contributed by atoms with Gasteiger partial charge in [0.15, 0.2) is 0 Å². The zero-order valence-corrected chi connectivity index (χ0v) is 14.2. The minimum absolute atomic E-state index is 0.491. The molecule has 2 rings (SSSR count). The molecule has 0 aliphatic heterocycles. The van der Waals surface area contributed by atoms with E-state index in [1.807, 2.05) is 0 Å². The van der Waals surface area contributed by atoms with E-state index >= 15 is 0 Å². The maximum absolute atomic E-state index is 3.44. The highest BCUT2D eigenvalue weighted by molar-refractivity contribution is 5.29. The van der Waals surface area contributed by atoms with Crippen molar-refractivity contribution in [2.75, 3.05) is 7.05 Å². The predicted octanol–water partition coefficient (Wildman–Crippen LogP) is 5.23. The maximum Gasteiger partial charge on any atom is 0.0317 e. The van der Waals surface area contributed by atoms with Gasteiger partial charge in [-0.1, -0.05) is 68.3 Å². The first-order chi connectivity index (χ1) is 10.7. The van der Waals surface area contributed by atoms with Crippen molar-refractivity contribution in [3.8, 4) is 0 Å². The van der Waals surface area contributed by atoms with Gasteiger partial charge >= 0.3 is 0 Å². The lowest BCUT2D eigenvalue weighted by Gasteiger charge is -2.16. The van der Waals surface area contributed by atoms with Gasteiger partial charge in [-0.2, -0.15) is 0 Å². The van der Waals surface area contributed by atoms with Crippen LogP contribution >= 0.6 is 0 Å². The van der Waals surface area contributed by atoms with Crippen molar-refractivity contribution < 1.29 is 0 Å². The number of rotatable bonds is 8. The molecule has 0 saturated heterocycles. The standard InChI is InChI=1S/C21H29N/c1-4-5-10-21(22-3)20-15-12-18(13-16-20)11-14-19-9-7-6-8-17(19)2/h6-9,12-13,15-16,21-22H,4-5,10-11,14H2,1-3H3. The lowest BCUT2D eigenvalue weighted by atomic mass is 9.97. The summed E-state index contributed by atoms with van der Waals surface area (Å²) in [6.07, 6.45) is 5.99. The molecule has 1 atom stereocenters. The normalized spacial score (nSPS) is 12.3. The van der Waals surface area contributed by atoms with Crippen molar-refractivity contribution in [2.45, 2.75) is 52.0 Å². The molecular weight excluding hydrogens is 266 g/mol. The number of hydrogen-bond acceptors (Lipinski definition) is 1. The van der Waals surface area contributed by atoms with Crippen LogP contribution in [0.5, 0.6) is 0 Å². The smallest absolute Gasteiger partial charge is 0.0317 e. The van der Waals surface area contributed by atoms with Crippen LogP contribution in [0.1, 0.15) is 54.5 Å². The highest BCUT2D eigenvalue weighted by Gasteiger charge is 2.08. The molecule has 0 aliphatic rings. The first-order valence-corrected chi connectivity index (χ1v) is 8.55. The third-order valence-corrected chi connectivity index (χ3v) is 4.52. The summed E-state index contributed by atoms with van der Waals surface area (Å²) in [7, 11) is 2.06. The third-order valence-electron chi connectivity index (χ3n) is 4.52. The Morgan fingerprint density at radius 3 is 2.32 bits per heavy atom. The molecule has 2 aromatic carbocycles. The summed E-state index contributed by atoms with van der Waals surface area (Å²) in [5.41, 5.74) is 5.70. The summed E-state index contributed by atoms with van der Waals surface area (Å²) in [6.45, 7) is 4.45. The van der Waals surface area contributed by atoms with Crippen molar-refractivity contribution in [2.24, 2.45) is 0 Å². The zero-order valence-electron chi connectivity index (χ0n) is 14.2. The number of benzene rings is 2. The second kappa shape index (κ2) is 8.75. The molecule has 1 nitrogen and oxygen atoms in total. The number of aryl methyl sites for hydroxylation is 3. The summed E-state index contributed by atoms with van der Waals surface area (Å²) < 4.78 is 0.